The van der Waals surface area contributed by atoms with Crippen LogP contribution in [0.1, 0.15) is 19.2 Å². The highest BCUT2D eigenvalue weighted by Crippen LogP contribution is 2.40. The topological polar surface area (TPSA) is 56.7 Å². The van der Waals surface area contributed by atoms with Gasteiger partial charge in [-0.05, 0) is 69.9 Å². The Morgan fingerprint density at radius 2 is 1.02 bits per heavy atom. The second kappa shape index (κ2) is 13.8. The van der Waals surface area contributed by atoms with Crippen LogP contribution in [0.5, 0.6) is 0 Å². The summed E-state index contributed by atoms with van der Waals surface area (Å²) in [4.78, 5) is 15.4. The second-order valence-electron chi connectivity index (χ2n) is 14.1. The van der Waals surface area contributed by atoms with Crippen molar-refractivity contribution in [3.8, 4) is 62.1 Å². The smallest absolute Gasteiger partial charge is 0.166 e. The van der Waals surface area contributed by atoms with Gasteiger partial charge < -0.3 is 8.98 Å². The van der Waals surface area contributed by atoms with Crippen molar-refractivity contribution < 1.29 is 23.6 Å². The van der Waals surface area contributed by atoms with Crippen molar-refractivity contribution in [3.63, 3.8) is 0 Å². The minimum atomic E-state index is -0.537. The lowest BCUT2D eigenvalue weighted by Gasteiger charge is -2.16. The van der Waals surface area contributed by atoms with Crippen LogP contribution in [0.2, 0.25) is 0 Å². The van der Waals surface area contributed by atoms with Gasteiger partial charge in [-0.15, -0.1) is 0 Å². The standard InChI is InChI=1S/C55H34N4O/c1-2-16-35(17-3-1)38-32-33-46(41-21-5-4-20-40(38)41)54-56-53(37-19-14-18-36(34-37)39-26-15-27-45-44-24-9-13-31-51(44)60-52(39)45)57-55(58-54)47-25-8-12-30-50(47)59-48-28-10-6-22-42(48)43-23-7-11-29-49(43)59/h1-34H/i6D,7D,9D,10D,13D,15D,22D,23D,24D,26D,27D,28D,29D,31D. The molecule has 5 heteroatoms. The molecular weight excluding hydrogens is 733 g/mol. The maximum atomic E-state index is 9.22. The minimum absolute atomic E-state index is 0.0119. The first-order chi connectivity index (χ1) is 35.6. The fourth-order valence-corrected chi connectivity index (χ4v) is 8.02. The first kappa shape index (κ1) is 22.7. The number of fused-ring (bicyclic) bond motifs is 7. The van der Waals surface area contributed by atoms with Crippen molar-refractivity contribution in [2.45, 2.75) is 0 Å². The summed E-state index contributed by atoms with van der Waals surface area (Å²) in [6, 6.07) is 30.6. The Bertz CT molecular complexity index is 4440. The SMILES string of the molecule is [2H]c1cc([2H])c2c(c1[2H])c1c([2H])c([2H])c([2H])c([2H])c1n2-c1ccccc1-c1nc(-c2cccc(-c3c([2H])c([2H])c([2H])c4c3oc3c([2H])c([2H])c([2H])c([2H])c34)c2)nc(-c2ccc(-c3ccccc3)c3ccccc23)n1. The lowest BCUT2D eigenvalue weighted by atomic mass is 9.94. The fourth-order valence-electron chi connectivity index (χ4n) is 8.02. The molecule has 5 nitrogen and oxygen atoms in total. The molecule has 0 radical (unpaired) electrons. The van der Waals surface area contributed by atoms with Crippen LogP contribution in [0.3, 0.4) is 0 Å². The molecule has 0 saturated heterocycles. The van der Waals surface area contributed by atoms with E-state index in [0.717, 1.165) is 21.9 Å². The molecule has 12 rings (SSSR count). The van der Waals surface area contributed by atoms with Gasteiger partial charge in [0.1, 0.15) is 11.2 Å². The van der Waals surface area contributed by atoms with Gasteiger partial charge in [0.2, 0.25) is 0 Å². The third-order valence-corrected chi connectivity index (χ3v) is 10.7. The maximum Gasteiger partial charge on any atom is 0.166 e. The van der Waals surface area contributed by atoms with Crippen LogP contribution in [0.15, 0.2) is 210 Å². The summed E-state index contributed by atoms with van der Waals surface area (Å²) in [6.07, 6.45) is 0. The van der Waals surface area contributed by atoms with Crippen LogP contribution in [0, 0.1) is 0 Å². The number of benzene rings is 9. The quantitative estimate of drug-likeness (QED) is 0.169. The molecule has 0 atom stereocenters. The van der Waals surface area contributed by atoms with E-state index in [1.54, 1.807) is 48.5 Å². The molecule has 0 aliphatic heterocycles. The largest absolute Gasteiger partial charge is 0.455 e. The molecule has 0 unspecified atom stereocenters. The zero-order valence-corrected chi connectivity index (χ0v) is 31.2. The van der Waals surface area contributed by atoms with E-state index in [0.29, 0.717) is 27.9 Å². The summed E-state index contributed by atoms with van der Waals surface area (Å²) in [6.45, 7) is 0. The highest BCUT2D eigenvalue weighted by atomic mass is 16.3. The van der Waals surface area contributed by atoms with E-state index in [-0.39, 0.29) is 91.0 Å². The average Bonchev–Trinajstić information content (AvgIpc) is 4.01. The summed E-state index contributed by atoms with van der Waals surface area (Å²) in [5.74, 6) is 0.462. The van der Waals surface area contributed by atoms with Crippen LogP contribution < -0.4 is 0 Å². The molecule has 280 valence electrons. The van der Waals surface area contributed by atoms with E-state index in [4.69, 9.17) is 34.4 Å². The molecule has 0 aliphatic carbocycles. The molecule has 60 heavy (non-hydrogen) atoms. The lowest BCUT2D eigenvalue weighted by Crippen LogP contribution is -2.04. The van der Waals surface area contributed by atoms with E-state index in [9.17, 15) is 4.11 Å². The summed E-state index contributed by atoms with van der Waals surface area (Å²) in [7, 11) is 0. The molecule has 12 aromatic rings. The van der Waals surface area contributed by atoms with Gasteiger partial charge >= 0.3 is 0 Å². The number of furan rings is 1. The summed E-state index contributed by atoms with van der Waals surface area (Å²) < 4.78 is 131. The van der Waals surface area contributed by atoms with E-state index < -0.39 is 60.4 Å². The van der Waals surface area contributed by atoms with Crippen LogP contribution in [0.4, 0.5) is 0 Å². The molecule has 0 saturated carbocycles. The lowest BCUT2D eigenvalue weighted by molar-refractivity contribution is 0.670. The molecule has 0 amide bonds. The highest BCUT2D eigenvalue weighted by molar-refractivity contribution is 6.11. The van der Waals surface area contributed by atoms with Gasteiger partial charge in [0.25, 0.3) is 0 Å². The first-order valence-corrected chi connectivity index (χ1v) is 19.0. The Morgan fingerprint density at radius 3 is 1.90 bits per heavy atom. The summed E-state index contributed by atoms with van der Waals surface area (Å²) in [5.41, 5.74) is 3.77. The van der Waals surface area contributed by atoms with Gasteiger partial charge in [0, 0.05) is 43.8 Å². The Kier molecular flexibility index (Phi) is 5.20. The van der Waals surface area contributed by atoms with Gasteiger partial charge in [0.15, 0.2) is 17.5 Å². The molecular formula is C55H34N4O. The van der Waals surface area contributed by atoms with Gasteiger partial charge in [-0.2, -0.15) is 0 Å². The monoisotopic (exact) mass is 780 g/mol. The molecule has 0 fully saturated rings. The molecule has 0 bridgehead atoms. The Balaban J connectivity index is 1.15. The zero-order chi connectivity index (χ0) is 51.8. The molecule has 3 heterocycles. The van der Waals surface area contributed by atoms with Gasteiger partial charge in [-0.25, -0.2) is 15.0 Å². The Morgan fingerprint density at radius 1 is 0.383 bits per heavy atom. The molecule has 3 aromatic heterocycles. The normalized spacial score (nSPS) is 14.9. The van der Waals surface area contributed by atoms with Crippen molar-refractivity contribution in [1.82, 2.24) is 19.5 Å². The molecule has 0 aliphatic rings. The van der Waals surface area contributed by atoms with E-state index in [1.807, 2.05) is 66.7 Å². The predicted octanol–water partition coefficient (Wildman–Crippen LogP) is 14.4. The van der Waals surface area contributed by atoms with E-state index in [1.165, 1.54) is 10.6 Å². The predicted molar refractivity (Wildman–Crippen MR) is 246 cm³/mol. The third kappa shape index (κ3) is 5.44. The zero-order valence-electron chi connectivity index (χ0n) is 45.2. The fraction of sp³-hybridized carbons (Fsp3) is 0. The first-order valence-electron chi connectivity index (χ1n) is 26.0. The number of para-hydroxylation sites is 5. The highest BCUT2D eigenvalue weighted by Gasteiger charge is 2.21. The summed E-state index contributed by atoms with van der Waals surface area (Å²) >= 11 is 0. The second-order valence-corrected chi connectivity index (χ2v) is 14.1. The minimum Gasteiger partial charge on any atom is -0.455 e. The van der Waals surface area contributed by atoms with E-state index in [2.05, 4.69) is 0 Å². The van der Waals surface area contributed by atoms with Crippen LogP contribution in [-0.4, -0.2) is 19.5 Å². The molecule has 0 spiro atoms. The molecule has 0 N–H and O–H groups in total. The van der Waals surface area contributed by atoms with Crippen molar-refractivity contribution in [2.75, 3.05) is 0 Å². The van der Waals surface area contributed by atoms with Crippen LogP contribution >= 0.6 is 0 Å². The maximum absolute atomic E-state index is 9.22. The summed E-state index contributed by atoms with van der Waals surface area (Å²) in [5, 5.41) is 1.60. The third-order valence-electron chi connectivity index (χ3n) is 10.7. The number of nitrogens with zero attached hydrogens (tertiary/aromatic N) is 4. The van der Waals surface area contributed by atoms with Gasteiger partial charge in [0.05, 0.1) is 35.9 Å². The number of rotatable bonds is 6. The van der Waals surface area contributed by atoms with Crippen molar-refractivity contribution in [1.29, 1.82) is 0 Å². The van der Waals surface area contributed by atoms with Crippen molar-refractivity contribution in [3.05, 3.63) is 206 Å². The van der Waals surface area contributed by atoms with E-state index >= 15 is 0 Å². The average molecular weight is 781 g/mol. The van der Waals surface area contributed by atoms with Crippen LogP contribution in [0.25, 0.3) is 117 Å². The van der Waals surface area contributed by atoms with Crippen LogP contribution in [-0.2, 0) is 0 Å². The van der Waals surface area contributed by atoms with Crippen molar-refractivity contribution >= 4 is 54.5 Å². The number of aromatic nitrogens is 4. The number of hydrogen-bond donors (Lipinski definition) is 0. The number of hydrogen-bond acceptors (Lipinski definition) is 4. The van der Waals surface area contributed by atoms with Gasteiger partial charge in [-0.3, -0.25) is 0 Å². The van der Waals surface area contributed by atoms with Gasteiger partial charge in [-0.1, -0.05) is 164 Å². The Hall–Kier alpha value is -8.15. The Labute approximate surface area is 365 Å². The molecule has 9 aromatic carbocycles. The van der Waals surface area contributed by atoms with Crippen molar-refractivity contribution in [2.24, 2.45) is 0 Å².